The number of benzene rings is 2. The number of ketones is 1. The summed E-state index contributed by atoms with van der Waals surface area (Å²) in [5.41, 5.74) is 2.18. The third-order valence-corrected chi connectivity index (χ3v) is 4.50. The lowest BCUT2D eigenvalue weighted by molar-refractivity contribution is -0.151. The Labute approximate surface area is 145 Å². The van der Waals surface area contributed by atoms with Crippen molar-refractivity contribution in [2.75, 3.05) is 6.54 Å². The third kappa shape index (κ3) is 3.60. The van der Waals surface area contributed by atoms with Crippen LogP contribution in [0.4, 0.5) is 0 Å². The van der Waals surface area contributed by atoms with Crippen LogP contribution in [-0.2, 0) is 16.0 Å². The van der Waals surface area contributed by atoms with Gasteiger partial charge in [-0.1, -0.05) is 54.6 Å². The molecule has 128 valence electrons. The lowest BCUT2D eigenvalue weighted by Gasteiger charge is -2.34. The average molecular weight is 337 g/mol. The number of carbonyl (C=O) groups excluding carboxylic acids is 2. The molecule has 1 N–H and O–H groups in total. The van der Waals surface area contributed by atoms with Crippen molar-refractivity contribution in [3.63, 3.8) is 0 Å². The molecule has 2 aromatic carbocycles. The van der Waals surface area contributed by atoms with Gasteiger partial charge in [0.05, 0.1) is 0 Å². The Morgan fingerprint density at radius 3 is 2.36 bits per heavy atom. The van der Waals surface area contributed by atoms with E-state index in [9.17, 15) is 19.5 Å². The van der Waals surface area contributed by atoms with E-state index in [1.165, 1.54) is 4.90 Å². The summed E-state index contributed by atoms with van der Waals surface area (Å²) in [6, 6.07) is 15.1. The first-order chi connectivity index (χ1) is 12.1. The highest BCUT2D eigenvalue weighted by molar-refractivity contribution is 5.98. The van der Waals surface area contributed by atoms with E-state index in [0.29, 0.717) is 24.1 Å². The van der Waals surface area contributed by atoms with Gasteiger partial charge in [-0.15, -0.1) is 0 Å². The van der Waals surface area contributed by atoms with Crippen LogP contribution in [0.15, 0.2) is 54.6 Å². The van der Waals surface area contributed by atoms with Crippen LogP contribution in [0.25, 0.3) is 0 Å². The van der Waals surface area contributed by atoms with Crippen molar-refractivity contribution in [3.8, 4) is 0 Å². The fraction of sp³-hybridized carbons (Fsp3) is 0.250. The Bertz CT molecular complexity index is 800. The second-order valence-corrected chi connectivity index (χ2v) is 6.07. The van der Waals surface area contributed by atoms with Crippen LogP contribution in [0.3, 0.4) is 0 Å². The van der Waals surface area contributed by atoms with E-state index in [0.717, 1.165) is 5.56 Å². The fourth-order valence-electron chi connectivity index (χ4n) is 3.23. The van der Waals surface area contributed by atoms with Gasteiger partial charge in [-0.05, 0) is 17.5 Å². The van der Waals surface area contributed by atoms with Gasteiger partial charge < -0.3 is 10.0 Å². The number of hydrogen-bond donors (Lipinski definition) is 1. The highest BCUT2D eigenvalue weighted by Gasteiger charge is 2.35. The highest BCUT2D eigenvalue weighted by atomic mass is 16.4. The third-order valence-electron chi connectivity index (χ3n) is 4.50. The molecule has 1 unspecified atom stereocenters. The summed E-state index contributed by atoms with van der Waals surface area (Å²) in [5, 5.41) is 9.60. The molecular weight excluding hydrogens is 318 g/mol. The van der Waals surface area contributed by atoms with Crippen LogP contribution in [-0.4, -0.2) is 34.2 Å². The summed E-state index contributed by atoms with van der Waals surface area (Å²) in [6.07, 6.45) is 0.714. The van der Waals surface area contributed by atoms with Gasteiger partial charge in [0.25, 0.3) is 0 Å². The van der Waals surface area contributed by atoms with E-state index in [2.05, 4.69) is 0 Å². The summed E-state index contributed by atoms with van der Waals surface area (Å²) in [4.78, 5) is 37.8. The first kappa shape index (κ1) is 16.9. The van der Waals surface area contributed by atoms with Gasteiger partial charge in [-0.25, -0.2) is 4.79 Å². The van der Waals surface area contributed by atoms with Crippen LogP contribution in [0.1, 0.15) is 40.4 Å². The molecule has 0 saturated carbocycles. The number of carboxylic acids is 1. The minimum atomic E-state index is -1.05. The zero-order valence-electron chi connectivity index (χ0n) is 13.7. The van der Waals surface area contributed by atoms with Gasteiger partial charge in [0.15, 0.2) is 11.8 Å². The van der Waals surface area contributed by atoms with Crippen LogP contribution in [0, 0.1) is 0 Å². The number of rotatable bonds is 5. The number of Topliss-reactive ketones (excluding diaryl/α,β-unsaturated/α-hetero) is 1. The monoisotopic (exact) mass is 337 g/mol. The minimum absolute atomic E-state index is 0.0136. The molecule has 1 aliphatic heterocycles. The summed E-state index contributed by atoms with van der Waals surface area (Å²) < 4.78 is 0. The summed E-state index contributed by atoms with van der Waals surface area (Å²) >= 11 is 0. The van der Waals surface area contributed by atoms with Gasteiger partial charge in [-0.3, -0.25) is 9.59 Å². The summed E-state index contributed by atoms with van der Waals surface area (Å²) in [5.74, 6) is -1.46. The Balaban J connectivity index is 1.71. The van der Waals surface area contributed by atoms with Crippen molar-refractivity contribution in [2.24, 2.45) is 0 Å². The zero-order valence-corrected chi connectivity index (χ0v) is 13.7. The molecule has 25 heavy (non-hydrogen) atoms. The van der Waals surface area contributed by atoms with Crippen molar-refractivity contribution in [1.82, 2.24) is 4.90 Å². The summed E-state index contributed by atoms with van der Waals surface area (Å²) in [7, 11) is 0. The van der Waals surface area contributed by atoms with E-state index < -0.39 is 12.0 Å². The molecule has 5 heteroatoms. The maximum Gasteiger partial charge on any atom is 0.331 e. The highest BCUT2D eigenvalue weighted by Crippen LogP contribution is 2.30. The van der Waals surface area contributed by atoms with E-state index >= 15 is 0 Å². The minimum Gasteiger partial charge on any atom is -0.479 e. The first-order valence-corrected chi connectivity index (χ1v) is 8.26. The maximum atomic E-state index is 12.6. The average Bonchev–Trinajstić information content (AvgIpc) is 2.65. The van der Waals surface area contributed by atoms with E-state index in [-0.39, 0.29) is 24.5 Å². The van der Waals surface area contributed by atoms with Gasteiger partial charge in [0.1, 0.15) is 0 Å². The van der Waals surface area contributed by atoms with Gasteiger partial charge >= 0.3 is 5.97 Å². The standard InChI is InChI=1S/C20H19NO4/c22-17(15-7-2-1-3-8-15)10-11-18(23)21-13-12-14-6-4-5-9-16(14)19(21)20(24)25/h1-9,19H,10-13H2,(H,24,25). The Morgan fingerprint density at radius 1 is 0.960 bits per heavy atom. The second-order valence-electron chi connectivity index (χ2n) is 6.07. The predicted octanol–water partition coefficient (Wildman–Crippen LogP) is 2.86. The number of carboxylic acid groups (broad SMARTS) is 1. The van der Waals surface area contributed by atoms with Crippen LogP contribution in [0.2, 0.25) is 0 Å². The molecule has 1 aliphatic rings. The van der Waals surface area contributed by atoms with Crippen LogP contribution < -0.4 is 0 Å². The number of aliphatic carboxylic acids is 1. The number of fused-ring (bicyclic) bond motifs is 1. The van der Waals surface area contributed by atoms with Gasteiger partial charge in [-0.2, -0.15) is 0 Å². The molecule has 0 spiro atoms. The molecule has 0 radical (unpaired) electrons. The molecule has 1 atom stereocenters. The molecule has 0 saturated heterocycles. The Hall–Kier alpha value is -2.95. The number of carbonyl (C=O) groups is 3. The molecule has 0 aromatic heterocycles. The van der Waals surface area contributed by atoms with Crippen LogP contribution in [0.5, 0.6) is 0 Å². The lowest BCUT2D eigenvalue weighted by Crippen LogP contribution is -2.43. The largest absolute Gasteiger partial charge is 0.479 e. The first-order valence-electron chi connectivity index (χ1n) is 8.26. The fourth-order valence-corrected chi connectivity index (χ4v) is 3.23. The van der Waals surface area contributed by atoms with E-state index in [1.807, 2.05) is 18.2 Å². The van der Waals surface area contributed by atoms with Crippen molar-refractivity contribution in [3.05, 3.63) is 71.3 Å². The van der Waals surface area contributed by atoms with Crippen molar-refractivity contribution in [1.29, 1.82) is 0 Å². The second kappa shape index (κ2) is 7.30. The van der Waals surface area contributed by atoms with Gasteiger partial charge in [0, 0.05) is 24.9 Å². The smallest absolute Gasteiger partial charge is 0.331 e. The predicted molar refractivity (Wildman–Crippen MR) is 92.2 cm³/mol. The van der Waals surface area contributed by atoms with Crippen LogP contribution >= 0.6 is 0 Å². The Kier molecular flexibility index (Phi) is 4.93. The number of hydrogen-bond acceptors (Lipinski definition) is 3. The normalized spacial score (nSPS) is 16.2. The molecule has 0 fully saturated rings. The lowest BCUT2D eigenvalue weighted by atomic mass is 9.92. The number of amides is 1. The van der Waals surface area contributed by atoms with Gasteiger partial charge in [0.2, 0.25) is 5.91 Å². The molecule has 3 rings (SSSR count). The molecule has 1 heterocycles. The van der Waals surface area contributed by atoms with E-state index in [4.69, 9.17) is 0 Å². The molecular formula is C20H19NO4. The molecule has 2 aromatic rings. The maximum absolute atomic E-state index is 12.6. The zero-order chi connectivity index (χ0) is 17.8. The Morgan fingerprint density at radius 2 is 1.64 bits per heavy atom. The quantitative estimate of drug-likeness (QED) is 0.851. The van der Waals surface area contributed by atoms with E-state index in [1.54, 1.807) is 36.4 Å². The van der Waals surface area contributed by atoms with Crippen molar-refractivity contribution in [2.45, 2.75) is 25.3 Å². The van der Waals surface area contributed by atoms with Crippen molar-refractivity contribution >= 4 is 17.7 Å². The topological polar surface area (TPSA) is 74.7 Å². The molecule has 0 bridgehead atoms. The molecule has 0 aliphatic carbocycles. The summed E-state index contributed by atoms with van der Waals surface area (Å²) in [6.45, 7) is 0.354. The SMILES string of the molecule is O=C(CCC(=O)N1CCc2ccccc2C1C(=O)O)c1ccccc1. The molecule has 5 nitrogen and oxygen atoms in total. The molecule has 1 amide bonds. The number of nitrogens with zero attached hydrogens (tertiary/aromatic N) is 1. The van der Waals surface area contributed by atoms with Crippen molar-refractivity contribution < 1.29 is 19.5 Å².